The quantitative estimate of drug-likeness (QED) is 0.907. The summed E-state index contributed by atoms with van der Waals surface area (Å²) in [5.41, 5.74) is 0. The van der Waals surface area contributed by atoms with Gasteiger partial charge in [-0.2, -0.15) is 0 Å². The molecule has 1 atom stereocenters. The van der Waals surface area contributed by atoms with E-state index >= 15 is 0 Å². The molecule has 1 fully saturated rings. The van der Waals surface area contributed by atoms with Gasteiger partial charge in [-0.05, 0) is 50.0 Å². The summed E-state index contributed by atoms with van der Waals surface area (Å²) in [5.74, 6) is 0.490. The minimum atomic E-state index is -3.15. The monoisotopic (exact) mass is 353 g/mol. The van der Waals surface area contributed by atoms with E-state index in [-0.39, 0.29) is 24.1 Å². The highest BCUT2D eigenvalue weighted by Crippen LogP contribution is 2.21. The molecule has 0 radical (unpaired) electrons. The van der Waals surface area contributed by atoms with Crippen molar-refractivity contribution < 1.29 is 8.42 Å². The van der Waals surface area contributed by atoms with Gasteiger partial charge in [-0.25, -0.2) is 8.42 Å². The average Bonchev–Trinajstić information content (AvgIpc) is 2.30. The molecule has 1 saturated heterocycles. The van der Waals surface area contributed by atoms with Crippen LogP contribution in [0.15, 0.2) is 33.6 Å². The third-order valence-electron chi connectivity index (χ3n) is 3.01. The molecule has 6 heteroatoms. The lowest BCUT2D eigenvalue weighted by molar-refractivity contribution is 0.404. The highest BCUT2D eigenvalue weighted by molar-refractivity contribution is 9.10. The van der Waals surface area contributed by atoms with Crippen LogP contribution in [0, 0.1) is 5.92 Å². The van der Waals surface area contributed by atoms with Gasteiger partial charge in [-0.15, -0.1) is 12.4 Å². The number of hydrogen-bond acceptors (Lipinski definition) is 3. The van der Waals surface area contributed by atoms with Crippen LogP contribution in [0.25, 0.3) is 0 Å². The van der Waals surface area contributed by atoms with Crippen LogP contribution in [0.1, 0.15) is 12.8 Å². The van der Waals surface area contributed by atoms with Crippen molar-refractivity contribution in [2.75, 3.05) is 18.8 Å². The van der Waals surface area contributed by atoms with Gasteiger partial charge in [-0.1, -0.05) is 22.0 Å². The largest absolute Gasteiger partial charge is 0.316 e. The Hall–Kier alpha value is -0.100. The molecule has 3 nitrogen and oxygen atoms in total. The van der Waals surface area contributed by atoms with Crippen LogP contribution >= 0.6 is 28.3 Å². The summed E-state index contributed by atoms with van der Waals surface area (Å²) in [7, 11) is -3.15. The highest BCUT2D eigenvalue weighted by atomic mass is 79.9. The van der Waals surface area contributed by atoms with E-state index in [0.717, 1.165) is 30.4 Å². The van der Waals surface area contributed by atoms with Crippen molar-refractivity contribution in [3.63, 3.8) is 0 Å². The summed E-state index contributed by atoms with van der Waals surface area (Å²) in [6.07, 6.45) is 2.07. The second-order valence-electron chi connectivity index (χ2n) is 4.45. The maximum atomic E-state index is 12.2. The number of nitrogens with one attached hydrogen (secondary N) is 1. The molecule has 0 aliphatic carbocycles. The molecule has 1 heterocycles. The van der Waals surface area contributed by atoms with Crippen LogP contribution in [0.3, 0.4) is 0 Å². The van der Waals surface area contributed by atoms with Gasteiger partial charge in [0.15, 0.2) is 9.84 Å². The molecule has 0 amide bonds. The Labute approximate surface area is 123 Å². The third kappa shape index (κ3) is 4.23. The summed E-state index contributed by atoms with van der Waals surface area (Å²) < 4.78 is 25.2. The molecule has 1 aliphatic rings. The molecule has 1 aromatic rings. The van der Waals surface area contributed by atoms with Gasteiger partial charge in [0, 0.05) is 4.47 Å². The van der Waals surface area contributed by atoms with Crippen molar-refractivity contribution in [3.8, 4) is 0 Å². The Bertz CT molecular complexity index is 487. The van der Waals surface area contributed by atoms with Gasteiger partial charge >= 0.3 is 0 Å². The zero-order valence-electron chi connectivity index (χ0n) is 9.93. The van der Waals surface area contributed by atoms with Crippen molar-refractivity contribution in [1.29, 1.82) is 0 Å². The second-order valence-corrected chi connectivity index (χ2v) is 7.40. The molecule has 102 valence electrons. The first-order valence-corrected chi connectivity index (χ1v) is 8.21. The fraction of sp³-hybridized carbons (Fsp3) is 0.500. The van der Waals surface area contributed by atoms with E-state index in [4.69, 9.17) is 0 Å². The smallest absolute Gasteiger partial charge is 0.178 e. The maximum absolute atomic E-state index is 12.2. The molecule has 0 aromatic heterocycles. The van der Waals surface area contributed by atoms with Crippen LogP contribution in [-0.2, 0) is 9.84 Å². The van der Waals surface area contributed by atoms with Crippen molar-refractivity contribution in [2.24, 2.45) is 5.92 Å². The van der Waals surface area contributed by atoms with Crippen LogP contribution in [-0.4, -0.2) is 27.3 Å². The Balaban J connectivity index is 0.00000162. The minimum absolute atomic E-state index is 0. The summed E-state index contributed by atoms with van der Waals surface area (Å²) in [5, 5.41) is 3.25. The van der Waals surface area contributed by atoms with Crippen molar-refractivity contribution in [2.45, 2.75) is 17.7 Å². The van der Waals surface area contributed by atoms with Crippen molar-refractivity contribution >= 4 is 38.2 Å². The first-order chi connectivity index (χ1) is 8.08. The minimum Gasteiger partial charge on any atom is -0.316 e. The van der Waals surface area contributed by atoms with Crippen LogP contribution < -0.4 is 5.32 Å². The van der Waals surface area contributed by atoms with Gasteiger partial charge in [0.25, 0.3) is 0 Å². The predicted molar refractivity (Wildman–Crippen MR) is 79.0 cm³/mol. The zero-order chi connectivity index (χ0) is 12.3. The lowest BCUT2D eigenvalue weighted by atomic mass is 10.0. The fourth-order valence-electron chi connectivity index (χ4n) is 2.13. The van der Waals surface area contributed by atoms with E-state index in [2.05, 4.69) is 21.2 Å². The predicted octanol–water partition coefficient (Wildman–Crippen LogP) is 2.64. The Kier molecular flexibility index (Phi) is 6.11. The van der Waals surface area contributed by atoms with Gasteiger partial charge in [0.2, 0.25) is 0 Å². The first kappa shape index (κ1) is 16.0. The van der Waals surface area contributed by atoms with Gasteiger partial charge in [0.05, 0.1) is 10.6 Å². The number of halogens is 2. The second kappa shape index (κ2) is 6.89. The van der Waals surface area contributed by atoms with Crippen molar-refractivity contribution in [3.05, 3.63) is 28.7 Å². The topological polar surface area (TPSA) is 46.2 Å². The molecule has 1 aliphatic heterocycles. The number of sulfone groups is 1. The summed E-state index contributed by atoms with van der Waals surface area (Å²) in [6.45, 7) is 1.82. The normalized spacial score (nSPS) is 20.2. The molecule has 1 unspecified atom stereocenters. The first-order valence-electron chi connectivity index (χ1n) is 5.77. The molecule has 1 N–H and O–H groups in total. The van der Waals surface area contributed by atoms with Crippen LogP contribution in [0.5, 0.6) is 0 Å². The Morgan fingerprint density at radius 3 is 2.78 bits per heavy atom. The zero-order valence-corrected chi connectivity index (χ0v) is 13.2. The number of hydrogen-bond donors (Lipinski definition) is 1. The molecule has 1 aromatic carbocycles. The van der Waals surface area contributed by atoms with Gasteiger partial charge in [0.1, 0.15) is 0 Å². The summed E-state index contributed by atoms with van der Waals surface area (Å²) in [4.78, 5) is 0.414. The van der Waals surface area contributed by atoms with E-state index in [1.165, 1.54) is 0 Å². The van der Waals surface area contributed by atoms with E-state index < -0.39 is 9.84 Å². The maximum Gasteiger partial charge on any atom is 0.178 e. The number of piperidine rings is 1. The van der Waals surface area contributed by atoms with Gasteiger partial charge in [-0.3, -0.25) is 0 Å². The molecule has 0 bridgehead atoms. The lowest BCUT2D eigenvalue weighted by Crippen LogP contribution is -2.33. The molecular weight excluding hydrogens is 338 g/mol. The Morgan fingerprint density at radius 2 is 2.17 bits per heavy atom. The van der Waals surface area contributed by atoms with Crippen molar-refractivity contribution in [1.82, 2.24) is 5.32 Å². The van der Waals surface area contributed by atoms with Crippen LogP contribution in [0.2, 0.25) is 0 Å². The molecular formula is C12H17BrClNO2S. The van der Waals surface area contributed by atoms with Gasteiger partial charge < -0.3 is 5.32 Å². The van der Waals surface area contributed by atoms with Crippen LogP contribution in [0.4, 0.5) is 0 Å². The molecule has 18 heavy (non-hydrogen) atoms. The third-order valence-corrected chi connectivity index (χ3v) is 5.38. The number of benzene rings is 1. The van der Waals surface area contributed by atoms with E-state index in [1.807, 2.05) is 6.07 Å². The number of rotatable bonds is 3. The van der Waals surface area contributed by atoms with E-state index in [0.29, 0.717) is 4.90 Å². The SMILES string of the molecule is Cl.O=S(=O)(CC1CCCNC1)c1cccc(Br)c1. The van der Waals surface area contributed by atoms with E-state index in [9.17, 15) is 8.42 Å². The molecule has 0 spiro atoms. The fourth-order valence-corrected chi connectivity index (χ4v) is 4.37. The van der Waals surface area contributed by atoms with E-state index in [1.54, 1.807) is 18.2 Å². The molecule has 2 rings (SSSR count). The lowest BCUT2D eigenvalue weighted by Gasteiger charge is -2.22. The molecule has 0 saturated carbocycles. The Morgan fingerprint density at radius 1 is 1.39 bits per heavy atom. The standard InChI is InChI=1S/C12H16BrNO2S.ClH/c13-11-4-1-5-12(7-11)17(15,16)9-10-3-2-6-14-8-10;/h1,4-5,7,10,14H,2-3,6,8-9H2;1H. The summed E-state index contributed by atoms with van der Waals surface area (Å²) in [6, 6.07) is 6.93. The average molecular weight is 355 g/mol. The highest BCUT2D eigenvalue weighted by Gasteiger charge is 2.22. The summed E-state index contributed by atoms with van der Waals surface area (Å²) >= 11 is 3.30.